The van der Waals surface area contributed by atoms with E-state index in [1.807, 2.05) is 0 Å². The van der Waals surface area contributed by atoms with Crippen LogP contribution in [-0.4, -0.2) is 46.5 Å². The van der Waals surface area contributed by atoms with Gasteiger partial charge in [-0.25, -0.2) is 0 Å². The molecule has 1 aromatic carbocycles. The summed E-state index contributed by atoms with van der Waals surface area (Å²) in [6.07, 6.45) is 1.03. The fourth-order valence-electron chi connectivity index (χ4n) is 1.94. The zero-order chi connectivity index (χ0) is 16.1. The minimum absolute atomic E-state index is 0.177. The van der Waals surface area contributed by atoms with E-state index in [2.05, 4.69) is 20.7 Å². The van der Waals surface area contributed by atoms with E-state index in [4.69, 9.17) is 14.2 Å². The van der Waals surface area contributed by atoms with Gasteiger partial charge < -0.3 is 19.5 Å². The van der Waals surface area contributed by atoms with Crippen LogP contribution in [0.4, 0.5) is 0 Å². The summed E-state index contributed by atoms with van der Waals surface area (Å²) in [5.41, 5.74) is 0. The Morgan fingerprint density at radius 1 is 1.48 bits per heavy atom. The number of hydrogen-bond acceptors (Lipinski definition) is 7. The summed E-state index contributed by atoms with van der Waals surface area (Å²) in [7, 11) is 0. The molecule has 2 aromatic rings. The van der Waals surface area contributed by atoms with Crippen LogP contribution in [0.1, 0.15) is 6.92 Å². The molecule has 0 aliphatic carbocycles. The van der Waals surface area contributed by atoms with E-state index >= 15 is 0 Å². The second-order valence-corrected chi connectivity index (χ2v) is 5.84. The minimum atomic E-state index is -0.604. The average Bonchev–Trinajstić information content (AvgIpc) is 3.22. The summed E-state index contributed by atoms with van der Waals surface area (Å²) in [6.45, 7) is 2.42. The maximum absolute atomic E-state index is 12.0. The number of aromatic nitrogens is 3. The molecule has 23 heavy (non-hydrogen) atoms. The number of thioether (sulfide) groups is 1. The number of amides is 1. The van der Waals surface area contributed by atoms with Crippen molar-refractivity contribution in [2.24, 2.45) is 0 Å². The van der Waals surface area contributed by atoms with Gasteiger partial charge in [-0.05, 0) is 19.1 Å². The molecule has 122 valence electrons. The summed E-state index contributed by atoms with van der Waals surface area (Å²) in [5, 5.41) is 13.8. The molecule has 3 rings (SSSR count). The zero-order valence-electron chi connectivity index (χ0n) is 12.4. The quantitative estimate of drug-likeness (QED) is 0.579. The molecule has 0 saturated heterocycles. The number of carbonyl (C=O) groups is 1. The number of hydrogen-bond donors (Lipinski definition) is 2. The normalized spacial score (nSPS) is 13.6. The molecule has 9 heteroatoms. The van der Waals surface area contributed by atoms with E-state index in [9.17, 15) is 4.79 Å². The zero-order valence-corrected chi connectivity index (χ0v) is 13.3. The highest BCUT2D eigenvalue weighted by Gasteiger charge is 2.17. The number of H-pyrrole nitrogens is 1. The first-order valence-corrected chi connectivity index (χ1v) is 8.03. The van der Waals surface area contributed by atoms with E-state index in [1.165, 1.54) is 11.8 Å². The number of carbonyl (C=O) groups excluding carboxylic acids is 1. The van der Waals surface area contributed by atoms with Crippen LogP contribution in [0.15, 0.2) is 29.4 Å². The molecule has 0 bridgehead atoms. The first-order valence-electron chi connectivity index (χ1n) is 7.05. The molecule has 1 amide bonds. The third-order valence-corrected chi connectivity index (χ3v) is 3.97. The smallest absolute Gasteiger partial charge is 0.260 e. The molecular formula is C14H16N4O4S. The van der Waals surface area contributed by atoms with Gasteiger partial charge in [-0.15, -0.1) is 16.9 Å². The van der Waals surface area contributed by atoms with Gasteiger partial charge in [0.1, 0.15) is 10.8 Å². The van der Waals surface area contributed by atoms with Gasteiger partial charge in [0, 0.05) is 18.4 Å². The summed E-state index contributed by atoms with van der Waals surface area (Å²) in [4.78, 5) is 12.0. The van der Waals surface area contributed by atoms with Crippen molar-refractivity contribution >= 4 is 17.7 Å². The Labute approximate surface area is 136 Å². The molecular weight excluding hydrogens is 320 g/mol. The van der Waals surface area contributed by atoms with Crippen LogP contribution in [0.5, 0.6) is 17.2 Å². The van der Waals surface area contributed by atoms with E-state index in [1.54, 1.807) is 31.3 Å². The Hall–Kier alpha value is -2.42. The predicted octanol–water partition coefficient (Wildman–Crippen LogP) is 1.21. The first kappa shape index (κ1) is 15.5. The molecule has 0 spiro atoms. The lowest BCUT2D eigenvalue weighted by Crippen LogP contribution is -2.37. The number of fused-ring (bicyclic) bond motifs is 1. The lowest BCUT2D eigenvalue weighted by atomic mass is 10.3. The molecule has 8 nitrogen and oxygen atoms in total. The van der Waals surface area contributed by atoms with Crippen molar-refractivity contribution in [1.82, 2.24) is 20.7 Å². The summed E-state index contributed by atoms with van der Waals surface area (Å²) in [6, 6.07) is 5.22. The van der Waals surface area contributed by atoms with E-state index < -0.39 is 6.10 Å². The summed E-state index contributed by atoms with van der Waals surface area (Å²) in [5.74, 6) is 2.39. The molecule has 2 heterocycles. The highest BCUT2D eigenvalue weighted by molar-refractivity contribution is 7.99. The minimum Gasteiger partial charge on any atom is -0.481 e. The van der Waals surface area contributed by atoms with E-state index in [0.29, 0.717) is 29.5 Å². The van der Waals surface area contributed by atoms with Crippen molar-refractivity contribution in [3.05, 3.63) is 24.4 Å². The first-order chi connectivity index (χ1) is 11.2. The lowest BCUT2D eigenvalue weighted by Gasteiger charge is -2.14. The Bertz CT molecular complexity index is 665. The van der Waals surface area contributed by atoms with Crippen LogP contribution in [0.3, 0.4) is 0 Å². The molecule has 1 aromatic heterocycles. The third kappa shape index (κ3) is 4.07. The third-order valence-electron chi connectivity index (χ3n) is 3.07. The van der Waals surface area contributed by atoms with Crippen LogP contribution >= 0.6 is 11.8 Å². The van der Waals surface area contributed by atoms with Gasteiger partial charge in [-0.3, -0.25) is 4.79 Å². The SMILES string of the molecule is C[C@H](Oc1ccc2c(c1)OCO2)C(=O)NCCSc1cn[nH]n1. The number of benzene rings is 1. The average molecular weight is 336 g/mol. The van der Waals surface area contributed by atoms with Gasteiger partial charge in [0.15, 0.2) is 17.6 Å². The van der Waals surface area contributed by atoms with Crippen LogP contribution in [0.2, 0.25) is 0 Å². The van der Waals surface area contributed by atoms with Crippen LogP contribution in [-0.2, 0) is 4.79 Å². The highest BCUT2D eigenvalue weighted by Crippen LogP contribution is 2.35. The molecule has 0 unspecified atom stereocenters. The van der Waals surface area contributed by atoms with E-state index in [-0.39, 0.29) is 12.7 Å². The van der Waals surface area contributed by atoms with Crippen molar-refractivity contribution in [2.45, 2.75) is 18.1 Å². The highest BCUT2D eigenvalue weighted by atomic mass is 32.2. The van der Waals surface area contributed by atoms with Crippen molar-refractivity contribution in [3.63, 3.8) is 0 Å². The molecule has 1 atom stereocenters. The van der Waals surface area contributed by atoms with Crippen molar-refractivity contribution < 1.29 is 19.0 Å². The van der Waals surface area contributed by atoms with Crippen LogP contribution < -0.4 is 19.5 Å². The van der Waals surface area contributed by atoms with Crippen molar-refractivity contribution in [2.75, 3.05) is 19.1 Å². The standard InChI is InChI=1S/C14H16N4O4S/c1-9(14(19)15-4-5-23-13-7-16-18-17-13)22-10-2-3-11-12(6-10)21-8-20-11/h2-3,6-7,9H,4-5,8H2,1H3,(H,15,19)(H,16,17,18)/t9-/m0/s1. The monoisotopic (exact) mass is 336 g/mol. The number of nitrogens with one attached hydrogen (secondary N) is 2. The van der Waals surface area contributed by atoms with Gasteiger partial charge in [0.25, 0.3) is 5.91 Å². The Morgan fingerprint density at radius 2 is 2.35 bits per heavy atom. The molecule has 1 aliphatic rings. The van der Waals surface area contributed by atoms with Gasteiger partial charge in [0.2, 0.25) is 6.79 Å². The van der Waals surface area contributed by atoms with Gasteiger partial charge in [0.05, 0.1) is 6.20 Å². The van der Waals surface area contributed by atoms with Crippen molar-refractivity contribution in [3.8, 4) is 17.2 Å². The molecule has 0 saturated carbocycles. The van der Waals surface area contributed by atoms with Gasteiger partial charge >= 0.3 is 0 Å². The number of ether oxygens (including phenoxy) is 3. The Kier molecular flexibility index (Phi) is 4.86. The number of nitrogens with zero attached hydrogens (tertiary/aromatic N) is 2. The maximum atomic E-state index is 12.0. The van der Waals surface area contributed by atoms with Crippen LogP contribution in [0, 0.1) is 0 Å². The lowest BCUT2D eigenvalue weighted by molar-refractivity contribution is -0.127. The fraction of sp³-hybridized carbons (Fsp3) is 0.357. The van der Waals surface area contributed by atoms with Gasteiger partial charge in [-0.2, -0.15) is 10.3 Å². The topological polar surface area (TPSA) is 98.4 Å². The number of rotatable bonds is 7. The largest absolute Gasteiger partial charge is 0.481 e. The molecule has 2 N–H and O–H groups in total. The second-order valence-electron chi connectivity index (χ2n) is 4.72. The summed E-state index contributed by atoms with van der Waals surface area (Å²) >= 11 is 1.51. The number of aromatic amines is 1. The molecule has 0 fully saturated rings. The fourth-order valence-corrected chi connectivity index (χ4v) is 2.59. The van der Waals surface area contributed by atoms with Gasteiger partial charge in [-0.1, -0.05) is 0 Å². The Balaban J connectivity index is 1.42. The predicted molar refractivity (Wildman–Crippen MR) is 82.8 cm³/mol. The van der Waals surface area contributed by atoms with Crippen LogP contribution in [0.25, 0.3) is 0 Å². The Morgan fingerprint density at radius 3 is 3.17 bits per heavy atom. The second kappa shape index (κ2) is 7.23. The maximum Gasteiger partial charge on any atom is 0.260 e. The molecule has 0 radical (unpaired) electrons. The summed E-state index contributed by atoms with van der Waals surface area (Å²) < 4.78 is 16.1. The van der Waals surface area contributed by atoms with E-state index in [0.717, 1.165) is 5.03 Å². The van der Waals surface area contributed by atoms with Crippen molar-refractivity contribution in [1.29, 1.82) is 0 Å². The molecule has 1 aliphatic heterocycles.